The second kappa shape index (κ2) is 13.6. The maximum atomic E-state index is 6.65. The van der Waals surface area contributed by atoms with E-state index < -0.39 is 0 Å². The standard InChI is InChI=1S/C67H40N2O2/c1-2-16-43-39(14-1)15-13-25-55(43)69-56-24-10-5-17-45(56)52-36-40(28-34-57(52)69)44-33-35-58(64-63(44)65-50-20-3-8-22-53(50)67(65)54-23-9-4-21-51(54)66(64)67)68(41-29-31-48-46-18-6-11-26-59(46)70-61(48)37-41)42-30-32-49-47-19-7-12-27-60(47)71-62(49)38-42/h1-38,65-66H. The smallest absolute Gasteiger partial charge is 0.137 e. The molecule has 3 heterocycles. The van der Waals surface area contributed by atoms with Gasteiger partial charge < -0.3 is 18.3 Å². The Bertz CT molecular complexity index is 4520. The maximum Gasteiger partial charge on any atom is 0.137 e. The van der Waals surface area contributed by atoms with Crippen LogP contribution >= 0.6 is 0 Å². The maximum absolute atomic E-state index is 6.65. The van der Waals surface area contributed by atoms with E-state index in [-0.39, 0.29) is 17.3 Å². The lowest BCUT2D eigenvalue weighted by atomic mass is 9.43. The van der Waals surface area contributed by atoms with Gasteiger partial charge in [0.1, 0.15) is 22.3 Å². The summed E-state index contributed by atoms with van der Waals surface area (Å²) in [5.41, 5.74) is 21.2. The summed E-state index contributed by atoms with van der Waals surface area (Å²) in [6.45, 7) is 0. The van der Waals surface area contributed by atoms with Crippen LogP contribution < -0.4 is 4.90 Å². The number of benzene rings is 11. The van der Waals surface area contributed by atoms with Crippen molar-refractivity contribution in [2.45, 2.75) is 17.3 Å². The lowest BCUT2D eigenvalue weighted by Crippen LogP contribution is -2.52. The van der Waals surface area contributed by atoms with Crippen molar-refractivity contribution in [3.63, 3.8) is 0 Å². The predicted octanol–water partition coefficient (Wildman–Crippen LogP) is 17.8. The van der Waals surface area contributed by atoms with Gasteiger partial charge in [-0.05, 0) is 117 Å². The van der Waals surface area contributed by atoms with Crippen LogP contribution in [0.1, 0.15) is 45.2 Å². The zero-order chi connectivity index (χ0) is 46.1. The summed E-state index contributed by atoms with van der Waals surface area (Å²) in [4.78, 5) is 2.48. The van der Waals surface area contributed by atoms with Crippen molar-refractivity contribution in [2.24, 2.45) is 0 Å². The van der Waals surface area contributed by atoms with E-state index in [2.05, 4.69) is 228 Å². The third-order valence-electron chi connectivity index (χ3n) is 16.7. The Hall–Kier alpha value is -9.12. The minimum atomic E-state index is -0.175. The molecule has 71 heavy (non-hydrogen) atoms. The molecule has 14 aromatic rings. The normalized spacial score (nSPS) is 17.4. The first-order chi connectivity index (χ1) is 35.2. The molecule has 3 aromatic heterocycles. The number of aromatic nitrogens is 1. The largest absolute Gasteiger partial charge is 0.456 e. The molecule has 0 fully saturated rings. The number of hydrogen-bond donors (Lipinski definition) is 0. The number of furan rings is 2. The van der Waals surface area contributed by atoms with Crippen molar-refractivity contribution in [2.75, 3.05) is 4.90 Å². The van der Waals surface area contributed by atoms with Crippen LogP contribution in [0.3, 0.4) is 0 Å². The molecule has 4 nitrogen and oxygen atoms in total. The molecular formula is C67H40N2O2. The van der Waals surface area contributed by atoms with E-state index in [1.54, 1.807) is 0 Å². The Balaban J connectivity index is 0.949. The molecule has 0 saturated heterocycles. The molecule has 3 atom stereocenters. The van der Waals surface area contributed by atoms with Crippen LogP contribution in [-0.2, 0) is 5.41 Å². The van der Waals surface area contributed by atoms with Crippen LogP contribution in [0.15, 0.2) is 239 Å². The van der Waals surface area contributed by atoms with Crippen LogP contribution in [-0.4, -0.2) is 4.57 Å². The average Bonchev–Trinajstić information content (AvgIpc) is 4.14. The third kappa shape index (κ3) is 4.75. The van der Waals surface area contributed by atoms with E-state index in [1.807, 2.05) is 12.1 Å². The summed E-state index contributed by atoms with van der Waals surface area (Å²) in [6, 6.07) is 85.1. The Kier molecular flexibility index (Phi) is 7.22. The average molecular weight is 905 g/mol. The van der Waals surface area contributed by atoms with E-state index in [4.69, 9.17) is 8.83 Å². The van der Waals surface area contributed by atoms with Gasteiger partial charge in [0.15, 0.2) is 0 Å². The van der Waals surface area contributed by atoms with Crippen molar-refractivity contribution < 1.29 is 8.83 Å². The highest BCUT2D eigenvalue weighted by atomic mass is 16.3. The van der Waals surface area contributed by atoms with Crippen molar-refractivity contribution in [3.05, 3.63) is 264 Å². The van der Waals surface area contributed by atoms with Gasteiger partial charge in [-0.1, -0.05) is 152 Å². The Morgan fingerprint density at radius 3 is 1.63 bits per heavy atom. The lowest BCUT2D eigenvalue weighted by molar-refractivity contribution is 0.333. The van der Waals surface area contributed by atoms with Gasteiger partial charge in [-0.15, -0.1) is 0 Å². The molecule has 17 rings (SSSR count). The Labute approximate surface area is 407 Å². The summed E-state index contributed by atoms with van der Waals surface area (Å²) in [6.07, 6.45) is 0. The second-order valence-electron chi connectivity index (χ2n) is 19.8. The van der Waals surface area contributed by atoms with Crippen LogP contribution in [0.25, 0.3) is 93.3 Å². The third-order valence-corrected chi connectivity index (χ3v) is 16.7. The minimum Gasteiger partial charge on any atom is -0.456 e. The van der Waals surface area contributed by atoms with Crippen molar-refractivity contribution in [3.8, 4) is 16.8 Å². The first kappa shape index (κ1) is 37.8. The summed E-state index contributed by atoms with van der Waals surface area (Å²) < 4.78 is 15.8. The monoisotopic (exact) mass is 904 g/mol. The number of fused-ring (bicyclic) bond motifs is 17. The van der Waals surface area contributed by atoms with Gasteiger partial charge in [-0.25, -0.2) is 0 Å². The molecule has 0 N–H and O–H groups in total. The van der Waals surface area contributed by atoms with E-state index >= 15 is 0 Å². The van der Waals surface area contributed by atoms with E-state index in [0.717, 1.165) is 55.3 Å². The number of anilines is 3. The molecule has 4 heteroatoms. The first-order valence-corrected chi connectivity index (χ1v) is 24.7. The van der Waals surface area contributed by atoms with Crippen LogP contribution in [0.2, 0.25) is 0 Å². The van der Waals surface area contributed by atoms with Gasteiger partial charge in [-0.3, -0.25) is 0 Å². The van der Waals surface area contributed by atoms with Crippen molar-refractivity contribution in [1.29, 1.82) is 0 Å². The van der Waals surface area contributed by atoms with Crippen LogP contribution in [0.5, 0.6) is 0 Å². The fourth-order valence-electron chi connectivity index (χ4n) is 13.9. The molecule has 0 saturated carbocycles. The zero-order valence-electron chi connectivity index (χ0n) is 38.3. The molecule has 0 bridgehead atoms. The van der Waals surface area contributed by atoms with Gasteiger partial charge in [-0.2, -0.15) is 0 Å². The number of hydrogen-bond acceptors (Lipinski definition) is 3. The van der Waals surface area contributed by atoms with Crippen molar-refractivity contribution in [1.82, 2.24) is 4.57 Å². The molecular weight excluding hydrogens is 865 g/mol. The Morgan fingerprint density at radius 1 is 0.380 bits per heavy atom. The number of para-hydroxylation sites is 3. The molecule has 3 aliphatic rings. The summed E-state index contributed by atoms with van der Waals surface area (Å²) in [7, 11) is 0. The van der Waals surface area contributed by atoms with Crippen LogP contribution in [0, 0.1) is 0 Å². The molecule has 11 aromatic carbocycles. The predicted molar refractivity (Wildman–Crippen MR) is 290 cm³/mol. The van der Waals surface area contributed by atoms with Gasteiger partial charge >= 0.3 is 0 Å². The molecule has 0 radical (unpaired) electrons. The fourth-order valence-corrected chi connectivity index (χ4v) is 13.9. The van der Waals surface area contributed by atoms with Gasteiger partial charge in [0.25, 0.3) is 0 Å². The molecule has 3 unspecified atom stereocenters. The number of rotatable bonds is 5. The first-order valence-electron chi connectivity index (χ1n) is 24.7. The second-order valence-corrected chi connectivity index (χ2v) is 19.8. The topological polar surface area (TPSA) is 34.5 Å². The van der Waals surface area contributed by atoms with Crippen LogP contribution in [0.4, 0.5) is 17.1 Å². The highest BCUT2D eigenvalue weighted by molar-refractivity contribution is 6.13. The van der Waals surface area contributed by atoms with E-state index in [9.17, 15) is 0 Å². The molecule has 1 spiro atoms. The SMILES string of the molecule is c1ccc2c(c1)C1c3c(-c4ccc5c(c4)c4ccccc4n5-c4cccc5ccccc45)ccc(N(c4ccc5c(c4)oc4ccccc45)c4ccc5c(c4)oc4ccccc45)c3C3c4ccccc4C213. The van der Waals surface area contributed by atoms with Gasteiger partial charge in [0.05, 0.1) is 22.4 Å². The molecule has 330 valence electrons. The van der Waals surface area contributed by atoms with Gasteiger partial charge in [0, 0.05) is 78.5 Å². The fraction of sp³-hybridized carbons (Fsp3) is 0.0448. The molecule has 0 amide bonds. The summed E-state index contributed by atoms with van der Waals surface area (Å²) in [5.74, 6) is 0.321. The Morgan fingerprint density at radius 2 is 0.930 bits per heavy atom. The molecule has 3 aliphatic carbocycles. The minimum absolute atomic E-state index is 0.146. The van der Waals surface area contributed by atoms with E-state index in [0.29, 0.717) is 0 Å². The summed E-state index contributed by atoms with van der Waals surface area (Å²) >= 11 is 0. The molecule has 0 aliphatic heterocycles. The van der Waals surface area contributed by atoms with E-state index in [1.165, 1.54) is 88.5 Å². The zero-order valence-corrected chi connectivity index (χ0v) is 38.3. The highest BCUT2D eigenvalue weighted by Crippen LogP contribution is 2.79. The van der Waals surface area contributed by atoms with Gasteiger partial charge in [0.2, 0.25) is 0 Å². The highest BCUT2D eigenvalue weighted by Gasteiger charge is 2.70. The lowest BCUT2D eigenvalue weighted by Gasteiger charge is -2.58. The van der Waals surface area contributed by atoms with Crippen molar-refractivity contribution >= 4 is 93.5 Å². The quantitative estimate of drug-likeness (QED) is 0.173. The summed E-state index contributed by atoms with van der Waals surface area (Å²) in [5, 5.41) is 9.42. The number of nitrogens with zero attached hydrogens (tertiary/aromatic N) is 2.